The molecule has 4 unspecified atom stereocenters. The Hall–Kier alpha value is -5.20. The number of carbonyl (C=O) groups is 4. The molecule has 0 saturated heterocycles. The highest BCUT2D eigenvalue weighted by atomic mass is 79.9. The van der Waals surface area contributed by atoms with Crippen molar-refractivity contribution in [1.29, 1.82) is 0 Å². The normalized spacial score (nSPS) is 17.5. The largest absolute Gasteiger partial charge is 0.466 e. The van der Waals surface area contributed by atoms with Crippen molar-refractivity contribution in [2.45, 2.75) is 79.1 Å². The number of dihydropyridines is 2. The van der Waals surface area contributed by atoms with E-state index in [9.17, 15) is 54.3 Å². The van der Waals surface area contributed by atoms with Gasteiger partial charge in [-0.15, -0.1) is 0 Å². The van der Waals surface area contributed by atoms with Gasteiger partial charge in [-0.2, -0.15) is 0 Å². The van der Waals surface area contributed by atoms with Gasteiger partial charge in [0.15, 0.2) is 0 Å². The molecule has 60 heavy (non-hydrogen) atoms. The lowest BCUT2D eigenvalue weighted by molar-refractivity contribution is -0.140. The smallest absolute Gasteiger partial charge is 0.336 e. The standard InChI is InChI=1S/C20H20BrF4NO4.C20H21F4NO4.CH4/c1-4-30-20(28)15-12(8-21)26-17(18(24)25)16(19(27)29-3)14(15)10-6-5-7-11(23)13(10)9(2)22;1-5-29-20(27)14-10(3)25-17(18(23)24)16(19(26)28-4)15(14)11-7-6-8-12(22)13(11)9(2)21;/h5-7,9,14,18,26H,4,8H2,1-3H3;6-9,15,18,25H,5H2,1-4H3;1H4. The topological polar surface area (TPSA) is 129 Å². The van der Waals surface area contributed by atoms with Crippen LogP contribution in [0.2, 0.25) is 0 Å². The number of halogens is 9. The van der Waals surface area contributed by atoms with Gasteiger partial charge in [-0.1, -0.05) is 47.6 Å². The number of rotatable bonds is 13. The summed E-state index contributed by atoms with van der Waals surface area (Å²) >= 11 is 3.12. The molecule has 2 heterocycles. The fraction of sp³-hybridized carbons (Fsp3) is 0.415. The van der Waals surface area contributed by atoms with Gasteiger partial charge in [0.25, 0.3) is 12.9 Å². The summed E-state index contributed by atoms with van der Waals surface area (Å²) in [5.74, 6) is -9.05. The Morgan fingerprint density at radius 3 is 1.38 bits per heavy atom. The molecule has 2 aromatic carbocycles. The molecule has 330 valence electrons. The molecule has 0 amide bonds. The fourth-order valence-electron chi connectivity index (χ4n) is 6.75. The van der Waals surface area contributed by atoms with Crippen LogP contribution in [0.5, 0.6) is 0 Å². The van der Waals surface area contributed by atoms with E-state index >= 15 is 0 Å². The highest BCUT2D eigenvalue weighted by Gasteiger charge is 2.44. The third-order valence-corrected chi connectivity index (χ3v) is 9.59. The lowest BCUT2D eigenvalue weighted by atomic mass is 9.77. The van der Waals surface area contributed by atoms with Crippen LogP contribution in [0.1, 0.15) is 88.5 Å². The van der Waals surface area contributed by atoms with Gasteiger partial charge in [0.1, 0.15) is 24.0 Å². The molecule has 2 aliphatic rings. The summed E-state index contributed by atoms with van der Waals surface area (Å²) in [5, 5.41) is 4.66. The molecule has 2 aliphatic heterocycles. The monoisotopic (exact) mass is 924 g/mol. The summed E-state index contributed by atoms with van der Waals surface area (Å²) in [6, 6.07) is 7.06. The van der Waals surface area contributed by atoms with Crippen LogP contribution in [0.15, 0.2) is 81.5 Å². The molecule has 4 atom stereocenters. The maximum Gasteiger partial charge on any atom is 0.336 e. The van der Waals surface area contributed by atoms with Crippen LogP contribution in [-0.2, 0) is 38.1 Å². The van der Waals surface area contributed by atoms with Crippen LogP contribution in [0.4, 0.5) is 35.1 Å². The lowest BCUT2D eigenvalue weighted by Crippen LogP contribution is -2.37. The number of hydrogen-bond acceptors (Lipinski definition) is 10. The third kappa shape index (κ3) is 10.8. The highest BCUT2D eigenvalue weighted by molar-refractivity contribution is 9.09. The second-order valence-electron chi connectivity index (χ2n) is 12.6. The minimum atomic E-state index is -3.15. The number of hydrogen-bond donors (Lipinski definition) is 2. The Labute approximate surface area is 350 Å². The number of alkyl halides is 7. The zero-order valence-corrected chi connectivity index (χ0v) is 34.3. The third-order valence-electron chi connectivity index (χ3n) is 9.03. The predicted octanol–water partition coefficient (Wildman–Crippen LogP) is 9.16. The number of benzene rings is 2. The van der Waals surface area contributed by atoms with E-state index in [1.165, 1.54) is 45.0 Å². The Morgan fingerprint density at radius 1 is 0.650 bits per heavy atom. The molecule has 0 radical (unpaired) electrons. The van der Waals surface area contributed by atoms with Gasteiger partial charge < -0.3 is 29.6 Å². The predicted molar refractivity (Wildman–Crippen MR) is 207 cm³/mol. The summed E-state index contributed by atoms with van der Waals surface area (Å²) in [6.07, 6.45) is -9.97. The minimum Gasteiger partial charge on any atom is -0.466 e. The summed E-state index contributed by atoms with van der Waals surface area (Å²) in [6.45, 7) is 6.48. The molecular formula is C41H45BrF8N2O8. The quantitative estimate of drug-likeness (QED) is 0.0869. The molecule has 2 N–H and O–H groups in total. The van der Waals surface area contributed by atoms with Crippen molar-refractivity contribution in [3.63, 3.8) is 0 Å². The van der Waals surface area contributed by atoms with Crippen LogP contribution in [0.3, 0.4) is 0 Å². The Kier molecular flexibility index (Phi) is 19.0. The average Bonchev–Trinajstić information content (AvgIpc) is 3.18. The van der Waals surface area contributed by atoms with Crippen molar-refractivity contribution >= 4 is 39.8 Å². The summed E-state index contributed by atoms with van der Waals surface area (Å²) < 4.78 is 132. The molecule has 0 aromatic heterocycles. The van der Waals surface area contributed by atoms with Crippen molar-refractivity contribution in [1.82, 2.24) is 10.6 Å². The molecule has 10 nitrogen and oxygen atoms in total. The van der Waals surface area contributed by atoms with Crippen molar-refractivity contribution < 1.29 is 73.2 Å². The van der Waals surface area contributed by atoms with Gasteiger partial charge >= 0.3 is 23.9 Å². The van der Waals surface area contributed by atoms with Gasteiger partial charge in [0, 0.05) is 27.9 Å². The molecule has 0 spiro atoms. The van der Waals surface area contributed by atoms with Crippen molar-refractivity contribution in [3.8, 4) is 0 Å². The maximum atomic E-state index is 14.5. The fourth-order valence-corrected chi connectivity index (χ4v) is 7.19. The molecule has 0 saturated carbocycles. The molecule has 0 aliphatic carbocycles. The first kappa shape index (κ1) is 50.9. The summed E-state index contributed by atoms with van der Waals surface area (Å²) in [4.78, 5) is 50.4. The van der Waals surface area contributed by atoms with Crippen LogP contribution in [0, 0.1) is 11.6 Å². The molecule has 0 fully saturated rings. The van der Waals surface area contributed by atoms with Crippen molar-refractivity contribution in [3.05, 3.63) is 115 Å². The second-order valence-corrected chi connectivity index (χ2v) is 13.1. The van der Waals surface area contributed by atoms with Crippen LogP contribution < -0.4 is 10.6 Å². The average molecular weight is 926 g/mol. The Morgan fingerprint density at radius 2 is 1.03 bits per heavy atom. The van der Waals surface area contributed by atoms with E-state index in [1.807, 2.05) is 0 Å². The molecule has 0 bridgehead atoms. The van der Waals surface area contributed by atoms with Gasteiger partial charge in [0.05, 0.1) is 73.0 Å². The van der Waals surface area contributed by atoms with E-state index in [0.717, 1.165) is 40.2 Å². The number of allylic oxidation sites excluding steroid dienone is 4. The van der Waals surface area contributed by atoms with E-state index in [1.54, 1.807) is 0 Å². The molecule has 2 aromatic rings. The second kappa shape index (κ2) is 22.4. The molecule has 4 rings (SSSR count). The van der Waals surface area contributed by atoms with Crippen LogP contribution in [0.25, 0.3) is 0 Å². The SMILES string of the molecule is C.CCOC(=O)C1=C(C)NC(C(F)F)=C(C(=O)OC)C1c1cccc(F)c1C(C)F.CCOC(=O)C1=C(CBr)NC(C(F)F)=C(C(=O)OC)C1c1cccc(F)c1C(C)F. The number of ether oxygens (including phenoxy) is 4. The number of esters is 4. The van der Waals surface area contributed by atoms with Crippen molar-refractivity contribution in [2.75, 3.05) is 32.8 Å². The molecular weight excluding hydrogens is 880 g/mol. The van der Waals surface area contributed by atoms with E-state index < -0.39 is 106 Å². The van der Waals surface area contributed by atoms with Gasteiger partial charge in [-0.05, 0) is 57.9 Å². The minimum absolute atomic E-state index is 0. The van der Waals surface area contributed by atoms with Gasteiger partial charge in [-0.3, -0.25) is 0 Å². The number of methoxy groups -OCH3 is 2. The first-order chi connectivity index (χ1) is 27.8. The Balaban J connectivity index is 0.000000407. The first-order valence-electron chi connectivity index (χ1n) is 17.8. The summed E-state index contributed by atoms with van der Waals surface area (Å²) in [7, 11) is 1.96. The lowest BCUT2D eigenvalue weighted by Gasteiger charge is -2.32. The summed E-state index contributed by atoms with van der Waals surface area (Å²) in [5.41, 5.74) is -4.45. The number of carbonyl (C=O) groups excluding carboxylic acids is 4. The van der Waals surface area contributed by atoms with Crippen LogP contribution in [-0.4, -0.2) is 69.5 Å². The van der Waals surface area contributed by atoms with E-state index in [0.29, 0.717) is 0 Å². The molecule has 19 heteroatoms. The zero-order valence-electron chi connectivity index (χ0n) is 32.7. The van der Waals surface area contributed by atoms with Crippen LogP contribution >= 0.6 is 15.9 Å². The van der Waals surface area contributed by atoms with Gasteiger partial charge in [0.2, 0.25) is 0 Å². The number of nitrogens with one attached hydrogen (secondary N) is 2. The first-order valence-corrected chi connectivity index (χ1v) is 18.9. The highest BCUT2D eigenvalue weighted by Crippen LogP contribution is 2.46. The van der Waals surface area contributed by atoms with Crippen molar-refractivity contribution in [2.24, 2.45) is 0 Å². The zero-order chi connectivity index (χ0) is 44.5. The maximum absolute atomic E-state index is 14.5. The van der Waals surface area contributed by atoms with E-state index in [4.69, 9.17) is 9.47 Å². The van der Waals surface area contributed by atoms with Gasteiger partial charge in [-0.25, -0.2) is 54.3 Å². The Bertz CT molecular complexity index is 2070. The van der Waals surface area contributed by atoms with E-state index in [2.05, 4.69) is 36.0 Å². The van der Waals surface area contributed by atoms with E-state index in [-0.39, 0.29) is 59.6 Å².